The van der Waals surface area contributed by atoms with Crippen molar-refractivity contribution < 1.29 is 4.79 Å². The number of aryl methyl sites for hydroxylation is 3. The van der Waals surface area contributed by atoms with Crippen LogP contribution < -0.4 is 10.2 Å². The summed E-state index contributed by atoms with van der Waals surface area (Å²) in [5, 5.41) is 11.9. The van der Waals surface area contributed by atoms with Gasteiger partial charge in [-0.05, 0) is 55.7 Å². The summed E-state index contributed by atoms with van der Waals surface area (Å²) in [6, 6.07) is 9.75. The minimum absolute atomic E-state index is 0.0659. The third kappa shape index (κ3) is 3.77. The van der Waals surface area contributed by atoms with E-state index in [0.717, 1.165) is 30.2 Å². The van der Waals surface area contributed by atoms with Crippen LogP contribution in [0.5, 0.6) is 0 Å². The Morgan fingerprint density at radius 2 is 1.77 bits per heavy atom. The highest BCUT2D eigenvalue weighted by Crippen LogP contribution is 2.21. The predicted octanol–water partition coefficient (Wildman–Crippen LogP) is 3.23. The van der Waals surface area contributed by atoms with E-state index in [1.165, 1.54) is 11.1 Å². The molecule has 1 aliphatic rings. The fourth-order valence-electron chi connectivity index (χ4n) is 3.07. The van der Waals surface area contributed by atoms with Crippen LogP contribution in [0.1, 0.15) is 22.3 Å². The number of pyridine rings is 1. The van der Waals surface area contributed by atoms with Crippen molar-refractivity contribution in [3.63, 3.8) is 0 Å². The molecule has 2 amide bonds. The van der Waals surface area contributed by atoms with E-state index < -0.39 is 0 Å². The number of hydrogen-bond acceptors (Lipinski definition) is 4. The zero-order valence-corrected chi connectivity index (χ0v) is 15.4. The summed E-state index contributed by atoms with van der Waals surface area (Å²) >= 11 is 0. The van der Waals surface area contributed by atoms with Crippen LogP contribution in [0.2, 0.25) is 0 Å². The maximum Gasteiger partial charge on any atom is 0.321 e. The van der Waals surface area contributed by atoms with Gasteiger partial charge in [-0.3, -0.25) is 0 Å². The standard InChI is InChI=1S/C20H23N5O/c1-14-10-16(3)18(11-15(14)2)23-20(26)25-8-6-24(7-9-25)19-5-4-17(12-21)13-22-19/h4-5,10-11,13H,6-9H2,1-3H3,(H,23,26). The van der Waals surface area contributed by atoms with Crippen molar-refractivity contribution in [2.24, 2.45) is 0 Å². The maximum absolute atomic E-state index is 12.6. The zero-order chi connectivity index (χ0) is 18.7. The second kappa shape index (κ2) is 7.44. The molecule has 1 N–H and O–H groups in total. The molecule has 0 spiro atoms. The van der Waals surface area contributed by atoms with E-state index >= 15 is 0 Å². The lowest BCUT2D eigenvalue weighted by Gasteiger charge is -2.35. The van der Waals surface area contributed by atoms with Gasteiger partial charge in [0.15, 0.2) is 0 Å². The van der Waals surface area contributed by atoms with Crippen LogP contribution in [0.25, 0.3) is 0 Å². The Bertz CT molecular complexity index is 846. The fraction of sp³-hybridized carbons (Fsp3) is 0.350. The van der Waals surface area contributed by atoms with Crippen molar-refractivity contribution in [1.82, 2.24) is 9.88 Å². The number of nitrogens with zero attached hydrogens (tertiary/aromatic N) is 4. The van der Waals surface area contributed by atoms with Crippen LogP contribution in [-0.4, -0.2) is 42.1 Å². The number of anilines is 2. The van der Waals surface area contributed by atoms with Gasteiger partial charge >= 0.3 is 6.03 Å². The minimum Gasteiger partial charge on any atom is -0.353 e. The number of piperazine rings is 1. The first-order valence-electron chi connectivity index (χ1n) is 8.73. The number of rotatable bonds is 2. The average molecular weight is 349 g/mol. The van der Waals surface area contributed by atoms with Crippen molar-refractivity contribution in [1.29, 1.82) is 5.26 Å². The molecule has 1 aromatic heterocycles. The molecule has 1 aromatic carbocycles. The summed E-state index contributed by atoms with van der Waals surface area (Å²) in [7, 11) is 0. The molecule has 1 saturated heterocycles. The quantitative estimate of drug-likeness (QED) is 0.903. The largest absolute Gasteiger partial charge is 0.353 e. The van der Waals surface area contributed by atoms with Gasteiger partial charge in [-0.15, -0.1) is 0 Å². The van der Waals surface area contributed by atoms with Crippen molar-refractivity contribution in [3.05, 3.63) is 52.7 Å². The lowest BCUT2D eigenvalue weighted by molar-refractivity contribution is 0.208. The monoisotopic (exact) mass is 349 g/mol. The fourth-order valence-corrected chi connectivity index (χ4v) is 3.07. The molecular weight excluding hydrogens is 326 g/mol. The van der Waals surface area contributed by atoms with E-state index in [9.17, 15) is 4.79 Å². The average Bonchev–Trinajstić information content (AvgIpc) is 2.66. The van der Waals surface area contributed by atoms with E-state index in [4.69, 9.17) is 5.26 Å². The van der Waals surface area contributed by atoms with Gasteiger partial charge in [0.05, 0.1) is 5.56 Å². The molecule has 0 aliphatic carbocycles. The van der Waals surface area contributed by atoms with E-state index in [1.807, 2.05) is 30.9 Å². The number of nitrogens with one attached hydrogen (secondary N) is 1. The van der Waals surface area contributed by atoms with Crippen molar-refractivity contribution in [3.8, 4) is 6.07 Å². The molecule has 3 rings (SSSR count). The van der Waals surface area contributed by atoms with Crippen molar-refractivity contribution in [2.45, 2.75) is 20.8 Å². The van der Waals surface area contributed by atoms with Gasteiger partial charge in [0.1, 0.15) is 11.9 Å². The van der Waals surface area contributed by atoms with Crippen LogP contribution in [0.3, 0.4) is 0 Å². The highest BCUT2D eigenvalue weighted by atomic mass is 16.2. The number of hydrogen-bond donors (Lipinski definition) is 1. The predicted molar refractivity (Wildman–Crippen MR) is 102 cm³/mol. The lowest BCUT2D eigenvalue weighted by atomic mass is 10.1. The molecule has 1 aliphatic heterocycles. The second-order valence-electron chi connectivity index (χ2n) is 6.67. The van der Waals surface area contributed by atoms with Crippen LogP contribution in [0.4, 0.5) is 16.3 Å². The third-order valence-electron chi connectivity index (χ3n) is 4.85. The van der Waals surface area contributed by atoms with Crippen LogP contribution in [0.15, 0.2) is 30.5 Å². The highest BCUT2D eigenvalue weighted by molar-refractivity contribution is 5.90. The summed E-state index contributed by atoms with van der Waals surface area (Å²) in [6.07, 6.45) is 1.58. The molecule has 0 unspecified atom stereocenters. The van der Waals surface area contributed by atoms with Gasteiger partial charge in [-0.2, -0.15) is 5.26 Å². The molecule has 1 fully saturated rings. The summed E-state index contributed by atoms with van der Waals surface area (Å²) in [5.41, 5.74) is 4.89. The molecule has 0 bridgehead atoms. The summed E-state index contributed by atoms with van der Waals surface area (Å²) in [5.74, 6) is 0.842. The molecule has 2 aromatic rings. The van der Waals surface area contributed by atoms with E-state index in [1.54, 1.807) is 12.3 Å². The number of carbonyl (C=O) groups is 1. The minimum atomic E-state index is -0.0659. The Morgan fingerprint density at radius 1 is 1.08 bits per heavy atom. The molecule has 134 valence electrons. The van der Waals surface area contributed by atoms with Gasteiger partial charge in [0.25, 0.3) is 0 Å². The molecule has 2 heterocycles. The van der Waals surface area contributed by atoms with Gasteiger partial charge in [0, 0.05) is 38.1 Å². The van der Waals surface area contributed by atoms with Crippen LogP contribution in [0, 0.1) is 32.1 Å². The Morgan fingerprint density at radius 3 is 2.38 bits per heavy atom. The lowest BCUT2D eigenvalue weighted by Crippen LogP contribution is -2.50. The molecule has 0 saturated carbocycles. The number of aromatic nitrogens is 1. The second-order valence-corrected chi connectivity index (χ2v) is 6.67. The van der Waals surface area contributed by atoms with Gasteiger partial charge in [-0.25, -0.2) is 9.78 Å². The first-order valence-corrected chi connectivity index (χ1v) is 8.73. The summed E-state index contributed by atoms with van der Waals surface area (Å²) < 4.78 is 0. The van der Waals surface area contributed by atoms with E-state index in [0.29, 0.717) is 18.7 Å². The van der Waals surface area contributed by atoms with Crippen LogP contribution in [-0.2, 0) is 0 Å². The molecule has 6 nitrogen and oxygen atoms in total. The molecule has 0 radical (unpaired) electrons. The summed E-state index contributed by atoms with van der Waals surface area (Å²) in [4.78, 5) is 20.9. The zero-order valence-electron chi connectivity index (χ0n) is 15.4. The number of benzene rings is 1. The molecular formula is C20H23N5O. The molecule has 26 heavy (non-hydrogen) atoms. The maximum atomic E-state index is 12.6. The van der Waals surface area contributed by atoms with Gasteiger partial charge in [-0.1, -0.05) is 6.07 Å². The Hall–Kier alpha value is -3.07. The Balaban J connectivity index is 1.60. The van der Waals surface area contributed by atoms with E-state index in [-0.39, 0.29) is 6.03 Å². The number of nitriles is 1. The Kier molecular flexibility index (Phi) is 5.08. The Labute approximate surface area is 154 Å². The number of amides is 2. The van der Waals surface area contributed by atoms with Gasteiger partial charge in [0.2, 0.25) is 0 Å². The first-order chi connectivity index (χ1) is 12.5. The topological polar surface area (TPSA) is 72.3 Å². The normalized spacial score (nSPS) is 14.1. The number of urea groups is 1. The van der Waals surface area contributed by atoms with Crippen molar-refractivity contribution >= 4 is 17.5 Å². The molecule has 0 atom stereocenters. The van der Waals surface area contributed by atoms with Crippen molar-refractivity contribution in [2.75, 3.05) is 36.4 Å². The first kappa shape index (κ1) is 17.7. The van der Waals surface area contributed by atoms with E-state index in [2.05, 4.69) is 34.3 Å². The third-order valence-corrected chi connectivity index (χ3v) is 4.85. The number of carbonyl (C=O) groups excluding carboxylic acids is 1. The SMILES string of the molecule is Cc1cc(C)c(NC(=O)N2CCN(c3ccc(C#N)cn3)CC2)cc1C. The summed E-state index contributed by atoms with van der Waals surface area (Å²) in [6.45, 7) is 8.85. The molecule has 6 heteroatoms. The smallest absolute Gasteiger partial charge is 0.321 e. The van der Waals surface area contributed by atoms with Crippen LogP contribution >= 0.6 is 0 Å². The highest BCUT2D eigenvalue weighted by Gasteiger charge is 2.22. The van der Waals surface area contributed by atoms with Gasteiger partial charge < -0.3 is 15.1 Å².